The maximum absolute atomic E-state index is 11.8. The first kappa shape index (κ1) is 12.0. The van der Waals surface area contributed by atoms with Gasteiger partial charge in [0.1, 0.15) is 0 Å². The summed E-state index contributed by atoms with van der Waals surface area (Å²) >= 11 is 0. The van der Waals surface area contributed by atoms with Crippen molar-refractivity contribution in [3.05, 3.63) is 0 Å². The van der Waals surface area contributed by atoms with Crippen LogP contribution in [0, 0.1) is 0 Å². The largest absolute Gasteiger partial charge is 0.481 e. The highest BCUT2D eigenvalue weighted by Gasteiger charge is 2.34. The minimum absolute atomic E-state index is 0.0255. The van der Waals surface area contributed by atoms with E-state index in [-0.39, 0.29) is 24.4 Å². The second-order valence-corrected chi connectivity index (χ2v) is 4.19. The standard InChI is InChI=1S/C10H18N2O3/c1-7-6-11(2)8(4-5-9(13)14)10(15)12(7)3/h7-8H,4-6H2,1-3H3,(H,13,14). The van der Waals surface area contributed by atoms with Gasteiger partial charge in [0.25, 0.3) is 0 Å². The van der Waals surface area contributed by atoms with E-state index in [0.29, 0.717) is 6.42 Å². The molecule has 0 aromatic heterocycles. The van der Waals surface area contributed by atoms with E-state index < -0.39 is 5.97 Å². The number of rotatable bonds is 3. The van der Waals surface area contributed by atoms with Crippen LogP contribution in [0.1, 0.15) is 19.8 Å². The zero-order valence-electron chi connectivity index (χ0n) is 9.43. The molecule has 1 heterocycles. The molecule has 2 atom stereocenters. The number of hydrogen-bond acceptors (Lipinski definition) is 3. The van der Waals surface area contributed by atoms with Gasteiger partial charge in [-0.25, -0.2) is 0 Å². The Balaban J connectivity index is 2.62. The van der Waals surface area contributed by atoms with Crippen molar-refractivity contribution in [1.82, 2.24) is 9.80 Å². The molecule has 5 heteroatoms. The van der Waals surface area contributed by atoms with Gasteiger partial charge in [-0.2, -0.15) is 0 Å². The Labute approximate surface area is 89.7 Å². The van der Waals surface area contributed by atoms with Gasteiger partial charge in [-0.15, -0.1) is 0 Å². The quantitative estimate of drug-likeness (QED) is 0.719. The summed E-state index contributed by atoms with van der Waals surface area (Å²) in [6.07, 6.45) is 0.435. The smallest absolute Gasteiger partial charge is 0.303 e. The molecule has 86 valence electrons. The molecule has 0 bridgehead atoms. The van der Waals surface area contributed by atoms with E-state index in [4.69, 9.17) is 5.11 Å². The minimum Gasteiger partial charge on any atom is -0.481 e. The van der Waals surface area contributed by atoms with Crippen molar-refractivity contribution in [2.45, 2.75) is 31.8 Å². The van der Waals surface area contributed by atoms with Crippen molar-refractivity contribution in [3.63, 3.8) is 0 Å². The van der Waals surface area contributed by atoms with Crippen LogP contribution in [0.25, 0.3) is 0 Å². The van der Waals surface area contributed by atoms with E-state index in [1.165, 1.54) is 0 Å². The van der Waals surface area contributed by atoms with Gasteiger partial charge in [-0.05, 0) is 20.4 Å². The fourth-order valence-corrected chi connectivity index (χ4v) is 1.91. The zero-order chi connectivity index (χ0) is 11.6. The molecule has 0 aromatic carbocycles. The van der Waals surface area contributed by atoms with Crippen LogP contribution in [0.4, 0.5) is 0 Å². The van der Waals surface area contributed by atoms with E-state index >= 15 is 0 Å². The number of aliphatic carboxylic acids is 1. The van der Waals surface area contributed by atoms with Crippen molar-refractivity contribution < 1.29 is 14.7 Å². The predicted octanol–water partition coefficient (Wildman–Crippen LogP) is 0.0121. The molecular weight excluding hydrogens is 196 g/mol. The van der Waals surface area contributed by atoms with Gasteiger partial charge in [-0.3, -0.25) is 14.5 Å². The van der Waals surface area contributed by atoms with Crippen molar-refractivity contribution in [3.8, 4) is 0 Å². The average molecular weight is 214 g/mol. The van der Waals surface area contributed by atoms with Gasteiger partial charge < -0.3 is 10.0 Å². The summed E-state index contributed by atoms with van der Waals surface area (Å²) in [5.41, 5.74) is 0. The van der Waals surface area contributed by atoms with Crippen LogP contribution < -0.4 is 0 Å². The third kappa shape index (κ3) is 2.68. The van der Waals surface area contributed by atoms with Gasteiger partial charge in [0, 0.05) is 26.1 Å². The zero-order valence-corrected chi connectivity index (χ0v) is 9.43. The van der Waals surface area contributed by atoms with E-state index in [9.17, 15) is 9.59 Å². The van der Waals surface area contributed by atoms with E-state index in [0.717, 1.165) is 6.54 Å². The molecule has 1 saturated heterocycles. The summed E-state index contributed by atoms with van der Waals surface area (Å²) < 4.78 is 0. The lowest BCUT2D eigenvalue weighted by atomic mass is 10.0. The lowest BCUT2D eigenvalue weighted by molar-refractivity contribution is -0.144. The number of carbonyl (C=O) groups excluding carboxylic acids is 1. The van der Waals surface area contributed by atoms with Crippen molar-refractivity contribution in [1.29, 1.82) is 0 Å². The number of carboxylic acids is 1. The fourth-order valence-electron chi connectivity index (χ4n) is 1.91. The molecule has 0 saturated carbocycles. The molecule has 0 aromatic rings. The summed E-state index contributed by atoms with van der Waals surface area (Å²) in [6, 6.07) is -0.0779. The van der Waals surface area contributed by atoms with Crippen LogP contribution in [0.3, 0.4) is 0 Å². The van der Waals surface area contributed by atoms with E-state index in [1.807, 2.05) is 18.9 Å². The number of likely N-dealkylation sites (N-methyl/N-ethyl adjacent to an activating group) is 2. The SMILES string of the molecule is CC1CN(C)C(CCC(=O)O)C(=O)N1C. The number of hydrogen-bond donors (Lipinski definition) is 1. The number of carboxylic acid groups (broad SMARTS) is 1. The van der Waals surface area contributed by atoms with Crippen LogP contribution in [-0.4, -0.2) is 59.5 Å². The number of piperazine rings is 1. The Hall–Kier alpha value is -1.10. The topological polar surface area (TPSA) is 60.9 Å². The van der Waals surface area contributed by atoms with Crippen molar-refractivity contribution >= 4 is 11.9 Å². The molecule has 1 fully saturated rings. The van der Waals surface area contributed by atoms with Crippen LogP contribution >= 0.6 is 0 Å². The molecule has 2 unspecified atom stereocenters. The molecule has 1 amide bonds. The maximum atomic E-state index is 11.8. The molecule has 5 nitrogen and oxygen atoms in total. The summed E-state index contributed by atoms with van der Waals surface area (Å²) in [4.78, 5) is 25.9. The third-order valence-electron chi connectivity index (χ3n) is 3.01. The molecule has 1 rings (SSSR count). The number of carbonyl (C=O) groups is 2. The molecule has 1 aliphatic heterocycles. The summed E-state index contributed by atoms with van der Waals surface area (Å²) in [5.74, 6) is -0.824. The van der Waals surface area contributed by atoms with Crippen LogP contribution in [0.5, 0.6) is 0 Å². The van der Waals surface area contributed by atoms with Crippen LogP contribution in [0.15, 0.2) is 0 Å². The minimum atomic E-state index is -0.850. The Kier molecular flexibility index (Phi) is 3.68. The molecule has 1 aliphatic rings. The van der Waals surface area contributed by atoms with Crippen molar-refractivity contribution in [2.75, 3.05) is 20.6 Å². The predicted molar refractivity (Wildman–Crippen MR) is 55.5 cm³/mol. The Morgan fingerprint density at radius 1 is 1.53 bits per heavy atom. The summed E-state index contributed by atoms with van der Waals surface area (Å²) in [5, 5.41) is 8.59. The first-order valence-corrected chi connectivity index (χ1v) is 5.12. The molecule has 15 heavy (non-hydrogen) atoms. The van der Waals surface area contributed by atoms with Crippen molar-refractivity contribution in [2.24, 2.45) is 0 Å². The van der Waals surface area contributed by atoms with Crippen LogP contribution in [0.2, 0.25) is 0 Å². The number of nitrogens with zero attached hydrogens (tertiary/aromatic N) is 2. The summed E-state index contributed by atoms with van der Waals surface area (Å²) in [7, 11) is 3.64. The second kappa shape index (κ2) is 4.61. The fraction of sp³-hybridized carbons (Fsp3) is 0.800. The van der Waals surface area contributed by atoms with Gasteiger partial charge in [-0.1, -0.05) is 0 Å². The average Bonchev–Trinajstić information content (AvgIpc) is 2.14. The summed E-state index contributed by atoms with van der Waals surface area (Å²) in [6.45, 7) is 2.79. The Morgan fingerprint density at radius 3 is 2.67 bits per heavy atom. The van der Waals surface area contributed by atoms with Crippen LogP contribution in [-0.2, 0) is 9.59 Å². The molecule has 0 radical (unpaired) electrons. The van der Waals surface area contributed by atoms with Gasteiger partial charge in [0.2, 0.25) is 5.91 Å². The molecular formula is C10H18N2O3. The maximum Gasteiger partial charge on any atom is 0.303 e. The van der Waals surface area contributed by atoms with Gasteiger partial charge >= 0.3 is 5.97 Å². The normalized spacial score (nSPS) is 28.2. The monoisotopic (exact) mass is 214 g/mol. The van der Waals surface area contributed by atoms with Gasteiger partial charge in [0.05, 0.1) is 6.04 Å². The Bertz CT molecular complexity index is 267. The first-order chi connectivity index (χ1) is 6.93. The Morgan fingerprint density at radius 2 is 2.13 bits per heavy atom. The highest BCUT2D eigenvalue weighted by atomic mass is 16.4. The highest BCUT2D eigenvalue weighted by molar-refractivity contribution is 5.83. The van der Waals surface area contributed by atoms with E-state index in [2.05, 4.69) is 0 Å². The first-order valence-electron chi connectivity index (χ1n) is 5.12. The number of amides is 1. The molecule has 0 aliphatic carbocycles. The molecule has 0 spiro atoms. The van der Waals surface area contributed by atoms with E-state index in [1.54, 1.807) is 11.9 Å². The lowest BCUT2D eigenvalue weighted by Gasteiger charge is -2.41. The molecule has 1 N–H and O–H groups in total. The highest BCUT2D eigenvalue weighted by Crippen LogP contribution is 2.16. The third-order valence-corrected chi connectivity index (χ3v) is 3.01. The van der Waals surface area contributed by atoms with Gasteiger partial charge in [0.15, 0.2) is 0 Å². The second-order valence-electron chi connectivity index (χ2n) is 4.19. The lowest BCUT2D eigenvalue weighted by Crippen LogP contribution is -2.58.